The first kappa shape index (κ1) is 25.7. The molecule has 1 saturated heterocycles. The van der Waals surface area contributed by atoms with Crippen molar-refractivity contribution in [3.8, 4) is 5.82 Å². The monoisotopic (exact) mass is 573 g/mol. The lowest BCUT2D eigenvalue weighted by molar-refractivity contribution is -0.127. The van der Waals surface area contributed by atoms with Crippen LogP contribution >= 0.6 is 24.0 Å². The normalized spacial score (nSPS) is 15.8. The SMILES string of the molecule is CCNC(=NCc1ccnc(-n2ccnc2)c1)NCC1CC(=O)N(CCc2ccccc2)C1.I. The van der Waals surface area contributed by atoms with Crippen LogP contribution in [0.2, 0.25) is 0 Å². The first-order valence-electron chi connectivity index (χ1n) is 11.5. The zero-order valence-corrected chi connectivity index (χ0v) is 21.8. The number of aliphatic imine (C=N–C) groups is 1. The quantitative estimate of drug-likeness (QED) is 0.234. The van der Waals surface area contributed by atoms with Crippen LogP contribution in [0.5, 0.6) is 0 Å². The van der Waals surface area contributed by atoms with Crippen LogP contribution in [0.3, 0.4) is 0 Å². The number of amides is 1. The van der Waals surface area contributed by atoms with Crippen molar-refractivity contribution in [2.45, 2.75) is 26.3 Å². The van der Waals surface area contributed by atoms with Crippen molar-refractivity contribution >= 4 is 35.8 Å². The number of likely N-dealkylation sites (tertiary alicyclic amines) is 1. The summed E-state index contributed by atoms with van der Waals surface area (Å²) in [5, 5.41) is 6.72. The van der Waals surface area contributed by atoms with Gasteiger partial charge in [-0.2, -0.15) is 0 Å². The van der Waals surface area contributed by atoms with Gasteiger partial charge in [-0.25, -0.2) is 15.0 Å². The Balaban J connectivity index is 0.00000324. The maximum absolute atomic E-state index is 12.5. The minimum Gasteiger partial charge on any atom is -0.357 e. The lowest BCUT2D eigenvalue weighted by Gasteiger charge is -2.18. The van der Waals surface area contributed by atoms with Gasteiger partial charge < -0.3 is 15.5 Å². The van der Waals surface area contributed by atoms with Crippen molar-refractivity contribution in [2.24, 2.45) is 10.9 Å². The van der Waals surface area contributed by atoms with Crippen molar-refractivity contribution in [1.82, 2.24) is 30.1 Å². The molecular formula is C25H32IN7O. The van der Waals surface area contributed by atoms with Crippen LogP contribution in [0.25, 0.3) is 5.82 Å². The molecule has 1 unspecified atom stereocenters. The maximum atomic E-state index is 12.5. The van der Waals surface area contributed by atoms with E-state index in [1.807, 2.05) is 52.9 Å². The second-order valence-corrected chi connectivity index (χ2v) is 8.21. The summed E-state index contributed by atoms with van der Waals surface area (Å²) in [5.74, 6) is 2.10. The number of nitrogens with one attached hydrogen (secondary N) is 2. The third kappa shape index (κ3) is 7.28. The fourth-order valence-corrected chi connectivity index (χ4v) is 3.96. The third-order valence-corrected chi connectivity index (χ3v) is 5.71. The van der Waals surface area contributed by atoms with Crippen LogP contribution in [0.4, 0.5) is 0 Å². The highest BCUT2D eigenvalue weighted by Gasteiger charge is 2.29. The number of carbonyl (C=O) groups excluding carboxylic acids is 1. The van der Waals surface area contributed by atoms with Crippen molar-refractivity contribution in [3.05, 3.63) is 78.5 Å². The summed E-state index contributed by atoms with van der Waals surface area (Å²) in [5.41, 5.74) is 2.33. The minimum absolute atomic E-state index is 0. The molecule has 1 aliphatic heterocycles. The molecule has 0 bridgehead atoms. The lowest BCUT2D eigenvalue weighted by Crippen LogP contribution is -2.40. The molecule has 0 spiro atoms. The van der Waals surface area contributed by atoms with E-state index in [-0.39, 0.29) is 35.8 Å². The molecule has 2 N–H and O–H groups in total. The highest BCUT2D eigenvalue weighted by molar-refractivity contribution is 14.0. The number of hydrogen-bond donors (Lipinski definition) is 2. The van der Waals surface area contributed by atoms with E-state index in [4.69, 9.17) is 4.99 Å². The largest absolute Gasteiger partial charge is 0.357 e. The Hall–Kier alpha value is -2.95. The molecule has 4 rings (SSSR count). The smallest absolute Gasteiger partial charge is 0.223 e. The molecule has 34 heavy (non-hydrogen) atoms. The van der Waals surface area contributed by atoms with Gasteiger partial charge in [-0.15, -0.1) is 24.0 Å². The molecule has 3 aromatic rings. The number of nitrogens with zero attached hydrogens (tertiary/aromatic N) is 5. The van der Waals surface area contributed by atoms with E-state index in [9.17, 15) is 4.79 Å². The van der Waals surface area contributed by atoms with Gasteiger partial charge in [0.1, 0.15) is 12.1 Å². The van der Waals surface area contributed by atoms with Crippen LogP contribution in [0.1, 0.15) is 24.5 Å². The molecule has 0 radical (unpaired) electrons. The van der Waals surface area contributed by atoms with Gasteiger partial charge in [-0.3, -0.25) is 9.36 Å². The van der Waals surface area contributed by atoms with Crippen LogP contribution < -0.4 is 10.6 Å². The van der Waals surface area contributed by atoms with Crippen molar-refractivity contribution in [1.29, 1.82) is 0 Å². The lowest BCUT2D eigenvalue weighted by atomic mass is 10.1. The van der Waals surface area contributed by atoms with E-state index in [2.05, 4.69) is 32.7 Å². The first-order valence-corrected chi connectivity index (χ1v) is 11.5. The molecule has 0 aliphatic carbocycles. The second kappa shape index (κ2) is 13.1. The van der Waals surface area contributed by atoms with Crippen LogP contribution in [-0.4, -0.2) is 57.5 Å². The molecule has 3 heterocycles. The molecule has 1 amide bonds. The number of hydrogen-bond acceptors (Lipinski definition) is 4. The van der Waals surface area contributed by atoms with E-state index < -0.39 is 0 Å². The number of aromatic nitrogens is 3. The van der Waals surface area contributed by atoms with Gasteiger partial charge in [-0.05, 0) is 36.6 Å². The number of benzene rings is 1. The molecule has 2 aromatic heterocycles. The average Bonchev–Trinajstić information content (AvgIpc) is 3.50. The Labute approximate surface area is 217 Å². The first-order chi connectivity index (χ1) is 16.2. The summed E-state index contributed by atoms with van der Waals surface area (Å²) in [6.45, 7) is 5.63. The summed E-state index contributed by atoms with van der Waals surface area (Å²) in [4.78, 5) is 27.6. The summed E-state index contributed by atoms with van der Waals surface area (Å²) in [7, 11) is 0. The van der Waals surface area contributed by atoms with Crippen LogP contribution in [0, 0.1) is 5.92 Å². The van der Waals surface area contributed by atoms with Gasteiger partial charge >= 0.3 is 0 Å². The Kier molecular flexibility index (Phi) is 9.87. The number of guanidine groups is 1. The van der Waals surface area contributed by atoms with E-state index in [1.165, 1.54) is 5.56 Å². The van der Waals surface area contributed by atoms with Crippen molar-refractivity contribution in [3.63, 3.8) is 0 Å². The van der Waals surface area contributed by atoms with Gasteiger partial charge in [0.25, 0.3) is 0 Å². The Morgan fingerprint density at radius 1 is 1.15 bits per heavy atom. The van der Waals surface area contributed by atoms with Crippen LogP contribution in [-0.2, 0) is 17.8 Å². The van der Waals surface area contributed by atoms with Gasteiger partial charge in [0.05, 0.1) is 6.54 Å². The van der Waals surface area contributed by atoms with Crippen LogP contribution in [0.15, 0.2) is 72.4 Å². The molecule has 1 fully saturated rings. The zero-order chi connectivity index (χ0) is 22.9. The third-order valence-electron chi connectivity index (χ3n) is 5.71. The van der Waals surface area contributed by atoms with Gasteiger partial charge in [0.2, 0.25) is 5.91 Å². The van der Waals surface area contributed by atoms with Gasteiger partial charge in [-0.1, -0.05) is 30.3 Å². The molecule has 8 nitrogen and oxygen atoms in total. The molecule has 9 heteroatoms. The molecule has 1 aliphatic rings. The fraction of sp³-hybridized carbons (Fsp3) is 0.360. The summed E-state index contributed by atoms with van der Waals surface area (Å²) >= 11 is 0. The van der Waals surface area contributed by atoms with E-state index in [0.29, 0.717) is 13.0 Å². The zero-order valence-electron chi connectivity index (χ0n) is 19.4. The highest BCUT2D eigenvalue weighted by Crippen LogP contribution is 2.17. The number of rotatable bonds is 9. The Bertz CT molecular complexity index is 1060. The highest BCUT2D eigenvalue weighted by atomic mass is 127. The van der Waals surface area contributed by atoms with Gasteiger partial charge in [0.15, 0.2) is 5.96 Å². The number of imidazole rings is 1. The standard InChI is InChI=1S/C25H31N7O.HI/c1-2-27-25(29-16-21-8-10-28-23(14-21)32-13-11-26-19-32)30-17-22-15-24(33)31(18-22)12-9-20-6-4-3-5-7-20;/h3-8,10-11,13-14,19,22H,2,9,12,15-18H2,1H3,(H2,27,29,30);1H. The number of halogens is 1. The van der Waals surface area contributed by atoms with E-state index >= 15 is 0 Å². The summed E-state index contributed by atoms with van der Waals surface area (Å²) in [6, 6.07) is 14.3. The molecule has 1 atom stereocenters. The predicted molar refractivity (Wildman–Crippen MR) is 144 cm³/mol. The molecule has 0 saturated carbocycles. The molecule has 1 aromatic carbocycles. The number of carbonyl (C=O) groups is 1. The fourth-order valence-electron chi connectivity index (χ4n) is 3.96. The van der Waals surface area contributed by atoms with Crippen molar-refractivity contribution in [2.75, 3.05) is 26.2 Å². The van der Waals surface area contributed by atoms with E-state index in [1.54, 1.807) is 18.7 Å². The molecule has 180 valence electrons. The Morgan fingerprint density at radius 2 is 2.00 bits per heavy atom. The number of pyridine rings is 1. The topological polar surface area (TPSA) is 87.4 Å². The van der Waals surface area contributed by atoms with Crippen molar-refractivity contribution < 1.29 is 4.79 Å². The molecular weight excluding hydrogens is 541 g/mol. The maximum Gasteiger partial charge on any atom is 0.223 e. The summed E-state index contributed by atoms with van der Waals surface area (Å²) in [6.07, 6.45) is 8.59. The average molecular weight is 573 g/mol. The minimum atomic E-state index is 0. The van der Waals surface area contributed by atoms with E-state index in [0.717, 1.165) is 49.9 Å². The van der Waals surface area contributed by atoms with Gasteiger partial charge in [0, 0.05) is 57.1 Å². The second-order valence-electron chi connectivity index (χ2n) is 8.21. The predicted octanol–water partition coefficient (Wildman–Crippen LogP) is 3.03. The summed E-state index contributed by atoms with van der Waals surface area (Å²) < 4.78 is 1.87. The Morgan fingerprint density at radius 3 is 2.76 bits per heavy atom.